The molecule has 0 fully saturated rings. The Hall–Kier alpha value is -0.250. The van der Waals surface area contributed by atoms with E-state index in [0.29, 0.717) is 5.76 Å². The molecule has 0 spiro atoms. The highest BCUT2D eigenvalue weighted by atomic mass is 32.4. The molecule has 0 N–H and O–H groups in total. The average molecular weight is 158 g/mol. The lowest BCUT2D eigenvalue weighted by atomic mass is 10.5. The van der Waals surface area contributed by atoms with Gasteiger partial charge in [0.2, 0.25) is 0 Å². The van der Waals surface area contributed by atoms with Crippen molar-refractivity contribution in [1.82, 2.24) is 0 Å². The molecular weight excluding hydrogens is 151 g/mol. The van der Waals surface area contributed by atoms with Gasteiger partial charge >= 0.3 is 0 Å². The van der Waals surface area contributed by atoms with Crippen molar-refractivity contribution in [1.29, 1.82) is 0 Å². The van der Waals surface area contributed by atoms with Gasteiger partial charge in [-0.05, 0) is 18.7 Å². The Bertz CT molecular complexity index is 236. The molecule has 1 rings (SSSR count). The number of allylic oxidation sites excluding steroid dienone is 2. The lowest BCUT2D eigenvalue weighted by Crippen LogP contribution is -1.77. The fourth-order valence-electron chi connectivity index (χ4n) is 0.617. The summed E-state index contributed by atoms with van der Waals surface area (Å²) in [5, 5.41) is 0. The normalized spacial score (nSPS) is 32.7. The van der Waals surface area contributed by atoms with Crippen molar-refractivity contribution in [2.24, 2.45) is 0 Å². The number of rotatable bonds is 0. The molecule has 0 saturated heterocycles. The first-order valence-corrected chi connectivity index (χ1v) is 5.92. The van der Waals surface area contributed by atoms with Gasteiger partial charge in [0.15, 0.2) is 5.76 Å². The quantitative estimate of drug-likeness (QED) is 0.391. The molecule has 1 atom stereocenters. The molecule has 1 heterocycles. The molecule has 3 heteroatoms. The van der Waals surface area contributed by atoms with Crippen molar-refractivity contribution in [3.63, 3.8) is 0 Å². The Morgan fingerprint density at radius 1 is 2.00 bits per heavy atom. The summed E-state index contributed by atoms with van der Waals surface area (Å²) in [4.78, 5) is 0. The van der Waals surface area contributed by atoms with Crippen LogP contribution in [-0.2, 0) is 16.3 Å². The van der Waals surface area contributed by atoms with Gasteiger partial charge in [-0.1, -0.05) is 11.8 Å². The topological polar surface area (TPSA) is 9.23 Å². The lowest BCUT2D eigenvalue weighted by Gasteiger charge is -2.07. The molecule has 0 aliphatic carbocycles. The van der Waals surface area contributed by atoms with E-state index in [1.165, 1.54) is 0 Å². The molecule has 1 aliphatic rings. The molecule has 0 saturated carbocycles. The average Bonchev–Trinajstić information content (AvgIpc) is 2.10. The summed E-state index contributed by atoms with van der Waals surface area (Å²) in [6.07, 6.45) is 6.30. The Labute approximate surface area is 60.2 Å². The predicted octanol–water partition coefficient (Wildman–Crippen LogP) is 1.56. The molecule has 0 aromatic carbocycles. The van der Waals surface area contributed by atoms with Gasteiger partial charge in [0.1, 0.15) is 6.26 Å². The van der Waals surface area contributed by atoms with E-state index in [-0.39, 0.29) is 0 Å². The zero-order valence-electron chi connectivity index (χ0n) is 5.13. The lowest BCUT2D eigenvalue weighted by molar-refractivity contribution is 0.516. The highest BCUT2D eigenvalue weighted by Gasteiger charge is 2.17. The summed E-state index contributed by atoms with van der Waals surface area (Å²) < 4.78 is 5.25. The minimum atomic E-state index is -1.52. The monoisotopic (exact) mass is 158 g/mol. The minimum absolute atomic E-state index is 0.626. The molecular formula is C6H7OPS. The van der Waals surface area contributed by atoms with Gasteiger partial charge < -0.3 is 4.52 Å². The number of hydrogen-bond donors (Lipinski definition) is 0. The Morgan fingerprint density at radius 2 is 2.67 bits per heavy atom. The highest BCUT2D eigenvalue weighted by Crippen LogP contribution is 2.49. The van der Waals surface area contributed by atoms with E-state index in [1.54, 1.807) is 0 Å². The zero-order valence-corrected chi connectivity index (χ0v) is 6.84. The fraction of sp³-hybridized carbons (Fsp3) is 0.333. The summed E-state index contributed by atoms with van der Waals surface area (Å²) in [7, 11) is 0. The maximum Gasteiger partial charge on any atom is 0.170 e. The van der Waals surface area contributed by atoms with Crippen LogP contribution in [0.15, 0.2) is 11.8 Å². The van der Waals surface area contributed by atoms with Crippen molar-refractivity contribution < 1.29 is 4.52 Å². The van der Waals surface area contributed by atoms with Crippen molar-refractivity contribution in [3.05, 3.63) is 11.8 Å². The van der Waals surface area contributed by atoms with Crippen LogP contribution >= 0.6 is 6.26 Å². The summed E-state index contributed by atoms with van der Waals surface area (Å²) in [6, 6.07) is 0. The van der Waals surface area contributed by atoms with Crippen LogP contribution in [0, 0.1) is 12.3 Å². The molecule has 1 aliphatic heterocycles. The molecule has 0 bridgehead atoms. The Balaban J connectivity index is 2.74. The number of terminal acetylenes is 1. The van der Waals surface area contributed by atoms with E-state index < -0.39 is 6.26 Å². The van der Waals surface area contributed by atoms with E-state index >= 15 is 0 Å². The minimum Gasteiger partial charge on any atom is -0.458 e. The van der Waals surface area contributed by atoms with E-state index in [1.807, 2.05) is 12.7 Å². The maximum atomic E-state index is 5.25. The Kier molecular flexibility index (Phi) is 1.66. The summed E-state index contributed by atoms with van der Waals surface area (Å²) in [6.45, 7) is 1.95. The third kappa shape index (κ3) is 1.58. The fourth-order valence-corrected chi connectivity index (χ4v) is 2.20. The van der Waals surface area contributed by atoms with Crippen LogP contribution in [0.25, 0.3) is 0 Å². The molecule has 0 aromatic heterocycles. The first-order chi connectivity index (χ1) is 4.14. The van der Waals surface area contributed by atoms with Crippen LogP contribution in [0.2, 0.25) is 0 Å². The van der Waals surface area contributed by atoms with Gasteiger partial charge in [-0.25, -0.2) is 0 Å². The largest absolute Gasteiger partial charge is 0.458 e. The first-order valence-electron chi connectivity index (χ1n) is 2.57. The summed E-state index contributed by atoms with van der Waals surface area (Å²) >= 11 is 5.09. The van der Waals surface area contributed by atoms with Crippen LogP contribution < -0.4 is 0 Å². The van der Waals surface area contributed by atoms with Gasteiger partial charge in [0, 0.05) is 6.16 Å². The van der Waals surface area contributed by atoms with Crippen LogP contribution in [0.3, 0.4) is 0 Å². The van der Waals surface area contributed by atoms with Gasteiger partial charge in [-0.2, -0.15) is 0 Å². The summed E-state index contributed by atoms with van der Waals surface area (Å²) in [5.41, 5.74) is 0. The van der Waals surface area contributed by atoms with Gasteiger partial charge in [0.05, 0.1) is 0 Å². The zero-order chi connectivity index (χ0) is 6.91. The second-order valence-electron chi connectivity index (χ2n) is 2.00. The van der Waals surface area contributed by atoms with Crippen LogP contribution in [0.5, 0.6) is 0 Å². The predicted molar refractivity (Wildman–Crippen MR) is 43.1 cm³/mol. The van der Waals surface area contributed by atoms with Crippen molar-refractivity contribution in [3.8, 4) is 12.3 Å². The number of hydrogen-bond acceptors (Lipinski definition) is 2. The van der Waals surface area contributed by atoms with Gasteiger partial charge in [0.25, 0.3) is 0 Å². The van der Waals surface area contributed by atoms with Gasteiger partial charge in [-0.15, -0.1) is 6.42 Å². The highest BCUT2D eigenvalue weighted by molar-refractivity contribution is 8.12. The van der Waals surface area contributed by atoms with E-state index in [9.17, 15) is 0 Å². The molecule has 0 amide bonds. The second-order valence-corrected chi connectivity index (χ2v) is 6.89. The van der Waals surface area contributed by atoms with Crippen LogP contribution in [0.4, 0.5) is 0 Å². The van der Waals surface area contributed by atoms with E-state index in [2.05, 4.69) is 5.92 Å². The SMILES string of the molecule is C#CC1=CCP(C)(=S)O1. The molecule has 0 aromatic rings. The van der Waals surface area contributed by atoms with Crippen molar-refractivity contribution in [2.45, 2.75) is 0 Å². The summed E-state index contributed by atoms with van der Waals surface area (Å²) in [5.74, 6) is 3.05. The first kappa shape index (κ1) is 6.86. The third-order valence-electron chi connectivity index (χ3n) is 1.04. The molecule has 1 unspecified atom stereocenters. The van der Waals surface area contributed by atoms with Crippen LogP contribution in [0.1, 0.15) is 0 Å². The molecule has 1 nitrogen and oxygen atoms in total. The smallest absolute Gasteiger partial charge is 0.170 e. The van der Waals surface area contributed by atoms with Crippen molar-refractivity contribution in [2.75, 3.05) is 12.8 Å². The second kappa shape index (κ2) is 2.17. The van der Waals surface area contributed by atoms with Crippen LogP contribution in [-0.4, -0.2) is 12.8 Å². The van der Waals surface area contributed by atoms with E-state index in [0.717, 1.165) is 6.16 Å². The van der Waals surface area contributed by atoms with Gasteiger partial charge in [-0.3, -0.25) is 0 Å². The standard InChI is InChI=1S/C6H7OPS/c1-3-6-4-5-8(2,9)7-6/h1,4H,5H2,2H3. The van der Waals surface area contributed by atoms with Crippen molar-refractivity contribution >= 4 is 18.1 Å². The molecule has 48 valence electrons. The third-order valence-corrected chi connectivity index (χ3v) is 3.14. The Morgan fingerprint density at radius 3 is 2.89 bits per heavy atom. The maximum absolute atomic E-state index is 5.25. The molecule has 0 radical (unpaired) electrons. The molecule has 9 heavy (non-hydrogen) atoms. The van der Waals surface area contributed by atoms with E-state index in [4.69, 9.17) is 22.8 Å².